The summed E-state index contributed by atoms with van der Waals surface area (Å²) in [5, 5.41) is 4.56. The Morgan fingerprint density at radius 2 is 2.07 bits per heavy atom. The number of halogens is 1. The number of hydrogen-bond acceptors (Lipinski definition) is 5. The Morgan fingerprint density at radius 3 is 2.89 bits per heavy atom. The summed E-state index contributed by atoms with van der Waals surface area (Å²) in [7, 11) is 1.61. The Hall–Kier alpha value is -2.86. The minimum Gasteiger partial charge on any atom is -0.497 e. The van der Waals surface area contributed by atoms with Gasteiger partial charge in [0.15, 0.2) is 0 Å². The highest BCUT2D eigenvalue weighted by atomic mass is 35.5. The van der Waals surface area contributed by atoms with E-state index in [0.29, 0.717) is 28.8 Å². The fraction of sp³-hybridized carbons (Fsp3) is 0.286. The number of hydrogen-bond donors (Lipinski definition) is 0. The zero-order valence-corrected chi connectivity index (χ0v) is 16.2. The van der Waals surface area contributed by atoms with Crippen molar-refractivity contribution < 1.29 is 14.1 Å². The minimum absolute atomic E-state index is 0.114. The lowest BCUT2D eigenvalue weighted by atomic mass is 10.0. The zero-order chi connectivity index (χ0) is 19.5. The molecule has 7 heteroatoms. The molecule has 1 aromatic heterocycles. The van der Waals surface area contributed by atoms with E-state index in [0.717, 1.165) is 30.6 Å². The average molecular weight is 398 g/mol. The maximum atomic E-state index is 13.1. The van der Waals surface area contributed by atoms with Crippen molar-refractivity contribution in [1.29, 1.82) is 0 Å². The molecule has 0 N–H and O–H groups in total. The molecule has 1 fully saturated rings. The molecule has 1 saturated heterocycles. The van der Waals surface area contributed by atoms with E-state index in [2.05, 4.69) is 10.1 Å². The van der Waals surface area contributed by atoms with E-state index in [-0.39, 0.29) is 11.9 Å². The van der Waals surface area contributed by atoms with Gasteiger partial charge in [-0.3, -0.25) is 4.79 Å². The largest absolute Gasteiger partial charge is 0.497 e. The van der Waals surface area contributed by atoms with Crippen LogP contribution in [0.4, 0.5) is 0 Å². The van der Waals surface area contributed by atoms with E-state index in [4.69, 9.17) is 20.9 Å². The van der Waals surface area contributed by atoms with Crippen LogP contribution in [0.2, 0.25) is 5.02 Å². The number of aromatic nitrogens is 2. The summed E-state index contributed by atoms with van der Waals surface area (Å²) in [4.78, 5) is 19.5. The number of benzene rings is 2. The van der Waals surface area contributed by atoms with Gasteiger partial charge in [-0.25, -0.2) is 0 Å². The third-order valence-electron chi connectivity index (χ3n) is 4.92. The fourth-order valence-corrected chi connectivity index (χ4v) is 3.69. The molecule has 0 aliphatic carbocycles. The molecule has 144 valence electrons. The van der Waals surface area contributed by atoms with Gasteiger partial charge in [-0.05, 0) is 43.5 Å². The van der Waals surface area contributed by atoms with E-state index in [9.17, 15) is 4.79 Å². The molecule has 1 aliphatic heterocycles. The molecule has 1 atom stereocenters. The summed E-state index contributed by atoms with van der Waals surface area (Å²) >= 11 is 6.23. The Bertz CT molecular complexity index is 988. The summed E-state index contributed by atoms with van der Waals surface area (Å²) in [6, 6.07) is 14.3. The van der Waals surface area contributed by atoms with Crippen molar-refractivity contribution in [2.45, 2.75) is 25.3 Å². The summed E-state index contributed by atoms with van der Waals surface area (Å²) in [6.45, 7) is 0.631. The van der Waals surface area contributed by atoms with Crippen LogP contribution in [0.3, 0.4) is 0 Å². The van der Waals surface area contributed by atoms with Crippen LogP contribution >= 0.6 is 11.6 Å². The van der Waals surface area contributed by atoms with Crippen LogP contribution in [0.1, 0.15) is 41.6 Å². The molecule has 0 radical (unpaired) electrons. The van der Waals surface area contributed by atoms with Gasteiger partial charge in [0, 0.05) is 12.1 Å². The van der Waals surface area contributed by atoms with Crippen molar-refractivity contribution in [3.05, 3.63) is 65.0 Å². The summed E-state index contributed by atoms with van der Waals surface area (Å²) in [5.41, 5.74) is 1.29. The smallest absolute Gasteiger partial charge is 0.256 e. The van der Waals surface area contributed by atoms with Gasteiger partial charge in [-0.2, -0.15) is 4.98 Å². The Labute approximate surface area is 168 Å². The number of nitrogens with zero attached hydrogens (tertiary/aromatic N) is 3. The van der Waals surface area contributed by atoms with Crippen LogP contribution in [0, 0.1) is 0 Å². The first-order valence-electron chi connectivity index (χ1n) is 9.21. The Kier molecular flexibility index (Phi) is 5.30. The molecule has 4 rings (SSSR count). The topological polar surface area (TPSA) is 68.5 Å². The van der Waals surface area contributed by atoms with Crippen molar-refractivity contribution in [2.75, 3.05) is 13.7 Å². The molecule has 2 heterocycles. The third kappa shape index (κ3) is 3.60. The van der Waals surface area contributed by atoms with E-state index in [1.54, 1.807) is 24.1 Å². The van der Waals surface area contributed by atoms with Gasteiger partial charge in [-0.15, -0.1) is 0 Å². The molecule has 1 aliphatic rings. The van der Waals surface area contributed by atoms with E-state index in [1.165, 1.54) is 0 Å². The van der Waals surface area contributed by atoms with E-state index >= 15 is 0 Å². The van der Waals surface area contributed by atoms with Crippen LogP contribution in [-0.4, -0.2) is 34.6 Å². The number of carbonyl (C=O) groups excluding carboxylic acids is 1. The molecular formula is C21H20ClN3O3. The number of likely N-dealkylation sites (tertiary alicyclic amines) is 1. The van der Waals surface area contributed by atoms with Gasteiger partial charge in [-0.1, -0.05) is 41.0 Å². The lowest BCUT2D eigenvalue weighted by molar-refractivity contribution is 0.0561. The molecule has 3 aromatic rings. The molecule has 1 unspecified atom stereocenters. The maximum Gasteiger partial charge on any atom is 0.256 e. The Balaban J connectivity index is 1.63. The molecule has 28 heavy (non-hydrogen) atoms. The maximum absolute atomic E-state index is 13.1. The number of carbonyl (C=O) groups is 1. The average Bonchev–Trinajstić information content (AvgIpc) is 3.24. The van der Waals surface area contributed by atoms with Gasteiger partial charge in [0.1, 0.15) is 11.8 Å². The van der Waals surface area contributed by atoms with Gasteiger partial charge in [0.2, 0.25) is 11.7 Å². The number of methoxy groups -OCH3 is 1. The highest BCUT2D eigenvalue weighted by Gasteiger charge is 2.33. The highest BCUT2D eigenvalue weighted by Crippen LogP contribution is 2.33. The third-order valence-corrected chi connectivity index (χ3v) is 5.25. The highest BCUT2D eigenvalue weighted by molar-refractivity contribution is 6.33. The lowest BCUT2D eigenvalue weighted by Crippen LogP contribution is -2.38. The van der Waals surface area contributed by atoms with Crippen LogP contribution in [0.5, 0.6) is 5.75 Å². The molecule has 0 bridgehead atoms. The number of rotatable bonds is 4. The SMILES string of the molecule is COc1cccc(-c2noc(C3CCCCN3C(=O)c3ccccc3Cl)n2)c1. The van der Waals surface area contributed by atoms with Crippen LogP contribution in [0.25, 0.3) is 11.4 Å². The van der Waals surface area contributed by atoms with Crippen LogP contribution in [0.15, 0.2) is 53.1 Å². The van der Waals surface area contributed by atoms with Gasteiger partial charge >= 0.3 is 0 Å². The standard InChI is InChI=1S/C21H20ClN3O3/c1-27-15-8-6-7-14(13-15)19-23-20(28-24-19)18-11-4-5-12-25(18)21(26)16-9-2-3-10-17(16)22/h2-3,6-10,13,18H,4-5,11-12H2,1H3. The Morgan fingerprint density at radius 1 is 1.21 bits per heavy atom. The van der Waals surface area contributed by atoms with E-state index in [1.807, 2.05) is 36.4 Å². The first-order valence-corrected chi connectivity index (χ1v) is 9.58. The number of piperidine rings is 1. The second-order valence-electron chi connectivity index (χ2n) is 6.68. The second kappa shape index (κ2) is 8.02. The van der Waals surface area contributed by atoms with Gasteiger partial charge in [0.05, 0.1) is 17.7 Å². The first-order chi connectivity index (χ1) is 13.7. The molecule has 0 saturated carbocycles. The van der Waals surface area contributed by atoms with Crippen LogP contribution < -0.4 is 4.74 Å². The van der Waals surface area contributed by atoms with Crippen molar-refractivity contribution in [3.63, 3.8) is 0 Å². The zero-order valence-electron chi connectivity index (χ0n) is 15.5. The molecule has 6 nitrogen and oxygen atoms in total. The number of amides is 1. The van der Waals surface area contributed by atoms with Gasteiger partial charge in [0.25, 0.3) is 5.91 Å². The van der Waals surface area contributed by atoms with E-state index < -0.39 is 0 Å². The normalized spacial score (nSPS) is 16.8. The minimum atomic E-state index is -0.260. The summed E-state index contributed by atoms with van der Waals surface area (Å²) < 4.78 is 10.8. The molecule has 0 spiro atoms. The van der Waals surface area contributed by atoms with Crippen molar-refractivity contribution >= 4 is 17.5 Å². The van der Waals surface area contributed by atoms with Crippen molar-refractivity contribution in [3.8, 4) is 17.1 Å². The summed E-state index contributed by atoms with van der Waals surface area (Å²) in [5.74, 6) is 1.52. The molecular weight excluding hydrogens is 378 g/mol. The summed E-state index contributed by atoms with van der Waals surface area (Å²) in [6.07, 6.45) is 2.70. The lowest BCUT2D eigenvalue weighted by Gasteiger charge is -2.33. The number of ether oxygens (including phenoxy) is 1. The van der Waals surface area contributed by atoms with Crippen molar-refractivity contribution in [2.24, 2.45) is 0 Å². The predicted octanol–water partition coefficient (Wildman–Crippen LogP) is 4.77. The van der Waals surface area contributed by atoms with Crippen molar-refractivity contribution in [1.82, 2.24) is 15.0 Å². The molecule has 1 amide bonds. The second-order valence-corrected chi connectivity index (χ2v) is 7.09. The first kappa shape index (κ1) is 18.5. The monoisotopic (exact) mass is 397 g/mol. The van der Waals surface area contributed by atoms with Crippen LogP contribution in [-0.2, 0) is 0 Å². The molecule has 2 aromatic carbocycles. The fourth-order valence-electron chi connectivity index (χ4n) is 3.47. The predicted molar refractivity (Wildman–Crippen MR) is 105 cm³/mol. The quantitative estimate of drug-likeness (QED) is 0.634. The van der Waals surface area contributed by atoms with Gasteiger partial charge < -0.3 is 14.2 Å².